The van der Waals surface area contributed by atoms with E-state index in [4.69, 9.17) is 14.2 Å². The van der Waals surface area contributed by atoms with Crippen LogP contribution in [0.2, 0.25) is 0 Å². The standard InChI is InChI=1S/C25H14BrIN2O7/c26-15-2-8-19(36-24(32)13-1-7-20-21(11-13)35-12-34-20)14(9-15)10-18-22(30)28-25(33)29(23(18)31)17-5-3-16(27)4-6-17/h1-11H,12H2,(H,28,30,33)/b18-10-. The number of amides is 4. The number of barbiturate groups is 1. The fourth-order valence-electron chi connectivity index (χ4n) is 3.54. The summed E-state index contributed by atoms with van der Waals surface area (Å²) in [6.07, 6.45) is 1.27. The number of nitrogens with zero attached hydrogens (tertiary/aromatic N) is 1. The average Bonchev–Trinajstić information content (AvgIpc) is 3.32. The van der Waals surface area contributed by atoms with Gasteiger partial charge in [0.15, 0.2) is 11.5 Å². The van der Waals surface area contributed by atoms with E-state index in [2.05, 4.69) is 43.8 Å². The molecule has 1 saturated heterocycles. The van der Waals surface area contributed by atoms with Gasteiger partial charge in [0.1, 0.15) is 11.3 Å². The second-order valence-corrected chi connectivity index (χ2v) is 9.74. The van der Waals surface area contributed by atoms with Crippen molar-refractivity contribution >= 4 is 74.1 Å². The molecule has 0 radical (unpaired) electrons. The van der Waals surface area contributed by atoms with Gasteiger partial charge in [0.25, 0.3) is 11.8 Å². The second kappa shape index (κ2) is 9.74. The lowest BCUT2D eigenvalue weighted by Gasteiger charge is -2.26. The van der Waals surface area contributed by atoms with E-state index in [1.807, 2.05) is 0 Å². The highest BCUT2D eigenvalue weighted by Gasteiger charge is 2.37. The van der Waals surface area contributed by atoms with Crippen LogP contribution < -0.4 is 24.4 Å². The van der Waals surface area contributed by atoms with Crippen molar-refractivity contribution in [3.8, 4) is 17.2 Å². The van der Waals surface area contributed by atoms with E-state index in [9.17, 15) is 19.2 Å². The van der Waals surface area contributed by atoms with Crippen LogP contribution in [-0.4, -0.2) is 30.6 Å². The summed E-state index contributed by atoms with van der Waals surface area (Å²) < 4.78 is 17.7. The predicted molar refractivity (Wildman–Crippen MR) is 140 cm³/mol. The molecule has 0 bridgehead atoms. The number of fused-ring (bicyclic) bond motifs is 1. The maximum atomic E-state index is 13.2. The molecule has 11 heteroatoms. The summed E-state index contributed by atoms with van der Waals surface area (Å²) >= 11 is 5.45. The molecule has 0 spiro atoms. The first-order valence-electron chi connectivity index (χ1n) is 10.4. The van der Waals surface area contributed by atoms with Crippen molar-refractivity contribution in [2.75, 3.05) is 11.7 Å². The fourth-order valence-corrected chi connectivity index (χ4v) is 4.28. The molecule has 4 amide bonds. The van der Waals surface area contributed by atoms with Gasteiger partial charge >= 0.3 is 12.0 Å². The van der Waals surface area contributed by atoms with Gasteiger partial charge in [-0.1, -0.05) is 15.9 Å². The quantitative estimate of drug-likeness (QED) is 0.142. The van der Waals surface area contributed by atoms with Gasteiger partial charge in [-0.15, -0.1) is 0 Å². The van der Waals surface area contributed by atoms with Gasteiger partial charge in [-0.05, 0) is 89.3 Å². The van der Waals surface area contributed by atoms with E-state index in [-0.39, 0.29) is 29.2 Å². The normalized spacial score (nSPS) is 15.8. The molecule has 3 aromatic rings. The van der Waals surface area contributed by atoms with E-state index in [1.54, 1.807) is 42.5 Å². The Kier molecular flexibility index (Phi) is 6.49. The Balaban J connectivity index is 1.47. The minimum Gasteiger partial charge on any atom is -0.454 e. The molecule has 2 aliphatic rings. The molecule has 2 aliphatic heterocycles. The number of anilines is 1. The number of benzene rings is 3. The molecule has 0 unspecified atom stereocenters. The van der Waals surface area contributed by atoms with Crippen LogP contribution in [0.5, 0.6) is 17.2 Å². The molecule has 36 heavy (non-hydrogen) atoms. The molecule has 2 heterocycles. The average molecular weight is 661 g/mol. The van der Waals surface area contributed by atoms with E-state index in [0.29, 0.717) is 21.7 Å². The highest BCUT2D eigenvalue weighted by atomic mass is 127. The third kappa shape index (κ3) is 4.71. The maximum absolute atomic E-state index is 13.2. The number of halogens is 2. The highest BCUT2D eigenvalue weighted by Crippen LogP contribution is 2.34. The Morgan fingerprint density at radius 3 is 2.53 bits per heavy atom. The summed E-state index contributed by atoms with van der Waals surface area (Å²) in [5.41, 5.74) is 0.503. The van der Waals surface area contributed by atoms with Gasteiger partial charge in [-0.25, -0.2) is 14.5 Å². The summed E-state index contributed by atoms with van der Waals surface area (Å²) in [4.78, 5) is 52.0. The summed E-state index contributed by atoms with van der Waals surface area (Å²) in [5.74, 6) is -1.29. The van der Waals surface area contributed by atoms with Crippen LogP contribution in [0, 0.1) is 3.57 Å². The molecule has 0 saturated carbocycles. The lowest BCUT2D eigenvalue weighted by molar-refractivity contribution is -0.122. The number of hydrogen-bond donors (Lipinski definition) is 1. The summed E-state index contributed by atoms with van der Waals surface area (Å²) in [6, 6.07) is 15.2. The van der Waals surface area contributed by atoms with Gasteiger partial charge in [0, 0.05) is 13.6 Å². The maximum Gasteiger partial charge on any atom is 0.343 e. The molecule has 1 N–H and O–H groups in total. The topological polar surface area (TPSA) is 111 Å². The van der Waals surface area contributed by atoms with Crippen molar-refractivity contribution < 1.29 is 33.4 Å². The van der Waals surface area contributed by atoms with E-state index >= 15 is 0 Å². The lowest BCUT2D eigenvalue weighted by atomic mass is 10.1. The summed E-state index contributed by atoms with van der Waals surface area (Å²) in [5, 5.41) is 2.18. The number of urea groups is 1. The first-order valence-corrected chi connectivity index (χ1v) is 12.3. The highest BCUT2D eigenvalue weighted by molar-refractivity contribution is 14.1. The van der Waals surface area contributed by atoms with Gasteiger partial charge in [0.05, 0.1) is 11.3 Å². The Bertz CT molecular complexity index is 1470. The largest absolute Gasteiger partial charge is 0.454 e. The van der Waals surface area contributed by atoms with Crippen LogP contribution >= 0.6 is 38.5 Å². The van der Waals surface area contributed by atoms with Crippen LogP contribution in [-0.2, 0) is 9.59 Å². The summed E-state index contributed by atoms with van der Waals surface area (Å²) in [6.45, 7) is 0.0656. The van der Waals surface area contributed by atoms with E-state index in [1.165, 1.54) is 24.3 Å². The number of nitrogens with one attached hydrogen (secondary N) is 1. The van der Waals surface area contributed by atoms with E-state index < -0.39 is 23.8 Å². The Hall–Kier alpha value is -3.71. The Labute approximate surface area is 226 Å². The molecule has 1 fully saturated rings. The zero-order valence-corrected chi connectivity index (χ0v) is 21.9. The number of hydrogen-bond acceptors (Lipinski definition) is 7. The third-order valence-corrected chi connectivity index (χ3v) is 6.48. The second-order valence-electron chi connectivity index (χ2n) is 7.57. The molecular weight excluding hydrogens is 647 g/mol. The van der Waals surface area contributed by atoms with Crippen LogP contribution in [0.3, 0.4) is 0 Å². The Morgan fingerprint density at radius 2 is 1.75 bits per heavy atom. The number of rotatable bonds is 4. The SMILES string of the molecule is O=C1NC(=O)N(c2ccc(I)cc2)C(=O)/C1=C\c1cc(Br)ccc1OC(=O)c1ccc2c(c1)OCO2. The van der Waals surface area contributed by atoms with Crippen molar-refractivity contribution in [1.82, 2.24) is 5.32 Å². The molecule has 0 aromatic heterocycles. The van der Waals surface area contributed by atoms with Gasteiger partial charge in [0.2, 0.25) is 6.79 Å². The van der Waals surface area contributed by atoms with E-state index in [0.717, 1.165) is 8.47 Å². The summed E-state index contributed by atoms with van der Waals surface area (Å²) in [7, 11) is 0. The Morgan fingerprint density at radius 1 is 1.00 bits per heavy atom. The minimum atomic E-state index is -0.861. The molecule has 3 aromatic carbocycles. The predicted octanol–water partition coefficient (Wildman–Crippen LogP) is 4.67. The van der Waals surface area contributed by atoms with Crippen LogP contribution in [0.1, 0.15) is 15.9 Å². The van der Waals surface area contributed by atoms with Crippen molar-refractivity contribution in [3.63, 3.8) is 0 Å². The van der Waals surface area contributed by atoms with Gasteiger partial charge in [-0.2, -0.15) is 0 Å². The minimum absolute atomic E-state index is 0.0656. The zero-order valence-electron chi connectivity index (χ0n) is 18.1. The van der Waals surface area contributed by atoms with Crippen molar-refractivity contribution in [1.29, 1.82) is 0 Å². The number of imide groups is 2. The number of esters is 1. The number of carbonyl (C=O) groups excluding carboxylic acids is 4. The molecule has 9 nitrogen and oxygen atoms in total. The van der Waals surface area contributed by atoms with Crippen molar-refractivity contribution in [2.45, 2.75) is 0 Å². The first-order chi connectivity index (χ1) is 17.3. The van der Waals surface area contributed by atoms with Gasteiger partial charge < -0.3 is 14.2 Å². The molecule has 5 rings (SSSR count). The molecule has 0 aliphatic carbocycles. The van der Waals surface area contributed by atoms with Crippen molar-refractivity contribution in [2.24, 2.45) is 0 Å². The van der Waals surface area contributed by atoms with Crippen LogP contribution in [0.4, 0.5) is 10.5 Å². The number of ether oxygens (including phenoxy) is 3. The van der Waals surface area contributed by atoms with Crippen molar-refractivity contribution in [3.05, 3.63) is 85.4 Å². The smallest absolute Gasteiger partial charge is 0.343 e. The molecule has 180 valence electrons. The van der Waals surface area contributed by atoms with Crippen LogP contribution in [0.15, 0.2) is 70.7 Å². The first kappa shape index (κ1) is 24.0. The zero-order chi connectivity index (χ0) is 25.4. The molecule has 0 atom stereocenters. The lowest BCUT2D eigenvalue weighted by Crippen LogP contribution is -2.54. The fraction of sp³-hybridized carbons (Fsp3) is 0.0400. The van der Waals surface area contributed by atoms with Gasteiger partial charge in [-0.3, -0.25) is 14.9 Å². The monoisotopic (exact) mass is 660 g/mol. The third-order valence-electron chi connectivity index (χ3n) is 5.27. The van der Waals surface area contributed by atoms with Crippen LogP contribution in [0.25, 0.3) is 6.08 Å². The molecular formula is C25H14BrIN2O7. The number of carbonyl (C=O) groups is 4.